The fraction of sp³-hybridized carbons (Fsp3) is 0.818. The molecule has 2 amide bonds. The van der Waals surface area contributed by atoms with Crippen LogP contribution in [-0.2, 0) is 9.53 Å². The Morgan fingerprint density at radius 2 is 1.50 bits per heavy atom. The van der Waals surface area contributed by atoms with Crippen LogP contribution in [0.3, 0.4) is 0 Å². The number of carbonyl (C=O) groups is 2. The highest BCUT2D eigenvalue weighted by atomic mass is 16.6. The van der Waals surface area contributed by atoms with Gasteiger partial charge in [-0.15, -0.1) is 5.11 Å². The second-order valence-electron chi connectivity index (χ2n) is 5.81. The highest BCUT2D eigenvalue weighted by Gasteiger charge is 2.18. The molecule has 0 heterocycles. The van der Waals surface area contributed by atoms with E-state index >= 15 is 0 Å². The molecule has 0 unspecified atom stereocenters. The van der Waals surface area contributed by atoms with Gasteiger partial charge in [-0.05, 0) is 26.2 Å². The Hall–Kier alpha value is -1.26. The highest BCUT2D eigenvalue weighted by Crippen LogP contribution is 2.19. The second-order valence-corrected chi connectivity index (χ2v) is 5.81. The average molecular weight is 228 g/mol. The van der Waals surface area contributed by atoms with Gasteiger partial charge in [0.2, 0.25) is 0 Å². The van der Waals surface area contributed by atoms with Gasteiger partial charge in [-0.1, -0.05) is 25.9 Å². The molecule has 0 saturated heterocycles. The quantitative estimate of drug-likeness (QED) is 0.646. The lowest BCUT2D eigenvalue weighted by atomic mass is 9.92. The van der Waals surface area contributed by atoms with E-state index in [0.29, 0.717) is 0 Å². The first-order valence-electron chi connectivity index (χ1n) is 5.17. The number of hydrogen-bond acceptors (Lipinski definition) is 3. The number of ether oxygens (including phenoxy) is 1. The van der Waals surface area contributed by atoms with Crippen molar-refractivity contribution >= 4 is 12.0 Å². The summed E-state index contributed by atoms with van der Waals surface area (Å²) in [4.78, 5) is 22.4. The van der Waals surface area contributed by atoms with Gasteiger partial charge in [0.15, 0.2) is 0 Å². The summed E-state index contributed by atoms with van der Waals surface area (Å²) < 4.78 is 4.87. The number of hydrogen-bond donors (Lipinski definition) is 0. The van der Waals surface area contributed by atoms with E-state index in [4.69, 9.17) is 4.74 Å². The predicted octanol–water partition coefficient (Wildman–Crippen LogP) is 3.34. The van der Waals surface area contributed by atoms with Crippen molar-refractivity contribution in [1.82, 2.24) is 0 Å². The van der Waals surface area contributed by atoms with Crippen LogP contribution < -0.4 is 0 Å². The molecular formula is C11H20N2O3. The highest BCUT2D eigenvalue weighted by molar-refractivity contribution is 5.79. The standard InChI is InChI=1S/C11H20N2O3/c1-10(2,3)7-8(14)12-13-9(15)16-11(4,5)6/h7H2,1-6H3. The van der Waals surface area contributed by atoms with Crippen LogP contribution in [0.15, 0.2) is 10.2 Å². The Kier molecular flexibility index (Phi) is 4.78. The molecule has 0 saturated carbocycles. The second kappa shape index (κ2) is 5.18. The molecule has 0 N–H and O–H groups in total. The zero-order valence-corrected chi connectivity index (χ0v) is 10.8. The molecule has 0 rings (SSSR count). The van der Waals surface area contributed by atoms with Gasteiger partial charge >= 0.3 is 6.09 Å². The van der Waals surface area contributed by atoms with Crippen LogP contribution in [0.2, 0.25) is 0 Å². The lowest BCUT2D eigenvalue weighted by Crippen LogP contribution is -2.21. The minimum atomic E-state index is -0.838. The summed E-state index contributed by atoms with van der Waals surface area (Å²) in [5.74, 6) is -0.418. The van der Waals surface area contributed by atoms with Gasteiger partial charge in [-0.2, -0.15) is 0 Å². The molecule has 5 heteroatoms. The molecule has 0 aromatic rings. The van der Waals surface area contributed by atoms with Crippen LogP contribution >= 0.6 is 0 Å². The average Bonchev–Trinajstić information content (AvgIpc) is 1.94. The van der Waals surface area contributed by atoms with Gasteiger partial charge in [0, 0.05) is 6.42 Å². The minimum absolute atomic E-state index is 0.163. The largest absolute Gasteiger partial charge is 0.453 e. The van der Waals surface area contributed by atoms with Crippen LogP contribution in [0.1, 0.15) is 48.0 Å². The molecule has 0 aliphatic rings. The van der Waals surface area contributed by atoms with E-state index < -0.39 is 17.6 Å². The maximum Gasteiger partial charge on any atom is 0.453 e. The van der Waals surface area contributed by atoms with E-state index in [2.05, 4.69) is 10.2 Å². The molecule has 16 heavy (non-hydrogen) atoms. The third-order valence-electron chi connectivity index (χ3n) is 1.32. The van der Waals surface area contributed by atoms with Gasteiger partial charge in [0.25, 0.3) is 5.91 Å². The lowest BCUT2D eigenvalue weighted by Gasteiger charge is -2.17. The predicted molar refractivity (Wildman–Crippen MR) is 60.2 cm³/mol. The summed E-state index contributed by atoms with van der Waals surface area (Å²) in [7, 11) is 0. The molecule has 92 valence electrons. The number of azo groups is 1. The van der Waals surface area contributed by atoms with Crippen molar-refractivity contribution in [3.8, 4) is 0 Å². The van der Waals surface area contributed by atoms with Crippen molar-refractivity contribution in [3.63, 3.8) is 0 Å². The Labute approximate surface area is 96.3 Å². The third-order valence-corrected chi connectivity index (χ3v) is 1.32. The van der Waals surface area contributed by atoms with Crippen LogP contribution in [0.4, 0.5) is 4.79 Å². The van der Waals surface area contributed by atoms with E-state index in [9.17, 15) is 9.59 Å². The van der Waals surface area contributed by atoms with Crippen LogP contribution in [0.5, 0.6) is 0 Å². The molecule has 0 bridgehead atoms. The molecule has 0 spiro atoms. The van der Waals surface area contributed by atoms with Gasteiger partial charge in [0.05, 0.1) is 0 Å². The summed E-state index contributed by atoms with van der Waals surface area (Å²) in [5.41, 5.74) is -0.785. The van der Waals surface area contributed by atoms with Crippen molar-refractivity contribution < 1.29 is 14.3 Å². The van der Waals surface area contributed by atoms with E-state index in [1.807, 2.05) is 20.8 Å². The summed E-state index contributed by atoms with van der Waals surface area (Å²) >= 11 is 0. The first kappa shape index (κ1) is 14.7. The van der Waals surface area contributed by atoms with Crippen LogP contribution in [0, 0.1) is 5.41 Å². The van der Waals surface area contributed by atoms with Gasteiger partial charge in [-0.3, -0.25) is 4.79 Å². The summed E-state index contributed by atoms with van der Waals surface area (Å²) in [6, 6.07) is 0. The molecule has 0 fully saturated rings. The normalized spacial score (nSPS) is 12.9. The molecule has 0 aromatic heterocycles. The van der Waals surface area contributed by atoms with E-state index in [0.717, 1.165) is 0 Å². The van der Waals surface area contributed by atoms with Gasteiger partial charge in [-0.25, -0.2) is 4.79 Å². The van der Waals surface area contributed by atoms with Gasteiger partial charge < -0.3 is 4.74 Å². The van der Waals surface area contributed by atoms with E-state index in [1.165, 1.54) is 0 Å². The van der Waals surface area contributed by atoms with Crippen molar-refractivity contribution in [3.05, 3.63) is 0 Å². The molecule has 0 aromatic carbocycles. The molecule has 0 aliphatic heterocycles. The fourth-order valence-corrected chi connectivity index (χ4v) is 0.868. The Morgan fingerprint density at radius 3 is 1.88 bits per heavy atom. The number of rotatable bonds is 1. The maximum atomic E-state index is 11.3. The van der Waals surface area contributed by atoms with Crippen molar-refractivity contribution in [2.45, 2.75) is 53.6 Å². The van der Waals surface area contributed by atoms with Crippen molar-refractivity contribution in [1.29, 1.82) is 0 Å². The first-order chi connectivity index (χ1) is 6.99. The fourth-order valence-electron chi connectivity index (χ4n) is 0.868. The van der Waals surface area contributed by atoms with Crippen molar-refractivity contribution in [2.24, 2.45) is 15.6 Å². The molecular weight excluding hydrogens is 208 g/mol. The Bertz CT molecular complexity index is 265. The monoisotopic (exact) mass is 228 g/mol. The van der Waals surface area contributed by atoms with Crippen LogP contribution in [0.25, 0.3) is 0 Å². The van der Waals surface area contributed by atoms with E-state index in [1.54, 1.807) is 20.8 Å². The Balaban J connectivity index is 4.20. The molecule has 0 aliphatic carbocycles. The third kappa shape index (κ3) is 9.30. The number of nitrogens with zero attached hydrogens (tertiary/aromatic N) is 2. The lowest BCUT2D eigenvalue weighted by molar-refractivity contribution is -0.120. The first-order valence-corrected chi connectivity index (χ1v) is 5.17. The minimum Gasteiger partial charge on any atom is -0.441 e. The smallest absolute Gasteiger partial charge is 0.441 e. The van der Waals surface area contributed by atoms with Crippen molar-refractivity contribution in [2.75, 3.05) is 0 Å². The zero-order valence-electron chi connectivity index (χ0n) is 10.8. The Morgan fingerprint density at radius 1 is 1.00 bits per heavy atom. The zero-order chi connectivity index (χ0) is 13.0. The number of amides is 2. The summed E-state index contributed by atoms with van der Waals surface area (Å²) in [6.07, 6.45) is -0.589. The van der Waals surface area contributed by atoms with Crippen LogP contribution in [-0.4, -0.2) is 17.6 Å². The molecule has 5 nitrogen and oxygen atoms in total. The molecule has 0 atom stereocenters. The topological polar surface area (TPSA) is 68.1 Å². The SMILES string of the molecule is CC(C)(C)CC(=O)N=NC(=O)OC(C)(C)C. The summed E-state index contributed by atoms with van der Waals surface area (Å²) in [5, 5.41) is 6.51. The summed E-state index contributed by atoms with van der Waals surface area (Å²) in [6.45, 7) is 10.9. The number of carbonyl (C=O) groups excluding carboxylic acids is 2. The van der Waals surface area contributed by atoms with Gasteiger partial charge in [0.1, 0.15) is 5.60 Å². The van der Waals surface area contributed by atoms with E-state index in [-0.39, 0.29) is 11.8 Å². The maximum absolute atomic E-state index is 11.3. The molecule has 0 radical (unpaired) electrons.